The summed E-state index contributed by atoms with van der Waals surface area (Å²) in [6.45, 7) is 4.32. The fourth-order valence-electron chi connectivity index (χ4n) is 3.37. The van der Waals surface area contributed by atoms with Gasteiger partial charge in [0.05, 0.1) is 18.3 Å². The van der Waals surface area contributed by atoms with Gasteiger partial charge in [-0.3, -0.25) is 18.5 Å². The highest BCUT2D eigenvalue weighted by atomic mass is 35.5. The average Bonchev–Trinajstić information content (AvgIpc) is 3.04. The minimum Gasteiger partial charge on any atom is -0.294 e. The summed E-state index contributed by atoms with van der Waals surface area (Å²) in [6.07, 6.45) is 0. The maximum Gasteiger partial charge on any atom is 0.332 e. The number of fused-ring (bicyclic) bond motifs is 3. The maximum absolute atomic E-state index is 12.8. The van der Waals surface area contributed by atoms with Crippen LogP contribution in [0.25, 0.3) is 11.2 Å². The second-order valence-corrected chi connectivity index (χ2v) is 7.20. The number of nitrogens with zero attached hydrogens (tertiary/aromatic N) is 6. The highest BCUT2D eigenvalue weighted by Gasteiger charge is 2.30. The van der Waals surface area contributed by atoms with Gasteiger partial charge in [-0.25, -0.2) is 9.80 Å². The Hall–Kier alpha value is -2.87. The molecule has 0 N–H and O–H groups in total. The molecule has 27 heavy (non-hydrogen) atoms. The van der Waals surface area contributed by atoms with Crippen molar-refractivity contribution in [2.75, 3.05) is 5.01 Å². The van der Waals surface area contributed by atoms with Gasteiger partial charge in [0.2, 0.25) is 5.95 Å². The molecular formula is C18H19ClN6O2. The van der Waals surface area contributed by atoms with Crippen LogP contribution in [0.3, 0.4) is 0 Å². The van der Waals surface area contributed by atoms with E-state index >= 15 is 0 Å². The Balaban J connectivity index is 1.97. The molecule has 1 aliphatic rings. The van der Waals surface area contributed by atoms with Crippen molar-refractivity contribution in [2.45, 2.75) is 26.4 Å². The van der Waals surface area contributed by atoms with E-state index in [-0.39, 0.29) is 11.6 Å². The zero-order chi connectivity index (χ0) is 19.5. The molecule has 0 saturated heterocycles. The van der Waals surface area contributed by atoms with Gasteiger partial charge in [-0.1, -0.05) is 23.7 Å². The van der Waals surface area contributed by atoms with E-state index < -0.39 is 5.69 Å². The fourth-order valence-corrected chi connectivity index (χ4v) is 3.58. The summed E-state index contributed by atoms with van der Waals surface area (Å²) in [5, 5.41) is 7.04. The Morgan fingerprint density at radius 1 is 1.19 bits per heavy atom. The van der Waals surface area contributed by atoms with Gasteiger partial charge in [0, 0.05) is 19.1 Å². The molecule has 0 spiro atoms. The van der Waals surface area contributed by atoms with Crippen molar-refractivity contribution in [3.05, 3.63) is 55.7 Å². The highest BCUT2D eigenvalue weighted by Crippen LogP contribution is 2.30. The molecule has 1 aliphatic heterocycles. The van der Waals surface area contributed by atoms with Gasteiger partial charge < -0.3 is 0 Å². The van der Waals surface area contributed by atoms with Gasteiger partial charge >= 0.3 is 5.69 Å². The Labute approximate surface area is 159 Å². The van der Waals surface area contributed by atoms with Crippen molar-refractivity contribution in [3.8, 4) is 0 Å². The number of rotatable bonds is 2. The van der Waals surface area contributed by atoms with Gasteiger partial charge in [0.25, 0.3) is 5.56 Å². The van der Waals surface area contributed by atoms with Gasteiger partial charge in [0.1, 0.15) is 0 Å². The van der Waals surface area contributed by atoms with E-state index in [0.29, 0.717) is 28.7 Å². The molecule has 0 aliphatic carbocycles. The molecule has 0 fully saturated rings. The van der Waals surface area contributed by atoms with Crippen LogP contribution < -0.4 is 16.3 Å². The molecule has 0 unspecified atom stereocenters. The highest BCUT2D eigenvalue weighted by molar-refractivity contribution is 6.30. The first-order valence-electron chi connectivity index (χ1n) is 8.54. The van der Waals surface area contributed by atoms with E-state index in [1.165, 1.54) is 11.6 Å². The van der Waals surface area contributed by atoms with Crippen molar-refractivity contribution in [2.24, 2.45) is 19.2 Å². The summed E-state index contributed by atoms with van der Waals surface area (Å²) in [7, 11) is 3.09. The second kappa shape index (κ2) is 6.09. The predicted molar refractivity (Wildman–Crippen MR) is 106 cm³/mol. The molecule has 0 amide bonds. The van der Waals surface area contributed by atoms with E-state index in [9.17, 15) is 9.59 Å². The van der Waals surface area contributed by atoms with E-state index in [4.69, 9.17) is 11.6 Å². The Bertz CT molecular complexity index is 1220. The largest absolute Gasteiger partial charge is 0.332 e. The molecule has 0 bridgehead atoms. The number of hydrazone groups is 1. The van der Waals surface area contributed by atoms with Crippen molar-refractivity contribution in [1.29, 1.82) is 0 Å². The first-order valence-corrected chi connectivity index (χ1v) is 8.92. The van der Waals surface area contributed by atoms with Crippen LogP contribution >= 0.6 is 11.6 Å². The number of benzene rings is 1. The molecule has 1 atom stereocenters. The van der Waals surface area contributed by atoms with Crippen LogP contribution in [0.4, 0.5) is 5.95 Å². The van der Waals surface area contributed by atoms with Gasteiger partial charge in [0.15, 0.2) is 11.2 Å². The lowest BCUT2D eigenvalue weighted by molar-refractivity contribution is 0.634. The molecule has 0 saturated carbocycles. The summed E-state index contributed by atoms with van der Waals surface area (Å²) < 4.78 is 4.35. The normalized spacial score (nSPS) is 16.6. The topological polar surface area (TPSA) is 77.4 Å². The van der Waals surface area contributed by atoms with Crippen molar-refractivity contribution in [3.63, 3.8) is 0 Å². The predicted octanol–water partition coefficient (Wildman–Crippen LogP) is 2.04. The molecule has 3 aromatic rings. The summed E-state index contributed by atoms with van der Waals surface area (Å²) >= 11 is 6.10. The van der Waals surface area contributed by atoms with E-state index in [2.05, 4.69) is 10.1 Å². The molecular weight excluding hydrogens is 368 g/mol. The lowest BCUT2D eigenvalue weighted by Crippen LogP contribution is -2.38. The average molecular weight is 387 g/mol. The number of halogens is 1. The number of aryl methyl sites for hydroxylation is 1. The molecule has 9 heteroatoms. The zero-order valence-electron chi connectivity index (χ0n) is 15.5. The summed E-state index contributed by atoms with van der Waals surface area (Å²) in [5.41, 5.74) is 1.79. The van der Waals surface area contributed by atoms with Crippen LogP contribution in [0.1, 0.15) is 25.5 Å². The maximum atomic E-state index is 12.8. The van der Waals surface area contributed by atoms with Crippen molar-refractivity contribution < 1.29 is 0 Å². The first-order chi connectivity index (χ1) is 12.8. The Morgan fingerprint density at radius 3 is 2.63 bits per heavy atom. The lowest BCUT2D eigenvalue weighted by atomic mass is 10.2. The molecule has 8 nitrogen and oxygen atoms in total. The number of imidazole rings is 1. The monoisotopic (exact) mass is 386 g/mol. The second-order valence-electron chi connectivity index (χ2n) is 6.76. The number of hydrogen-bond donors (Lipinski definition) is 0. The number of hydrogen-bond acceptors (Lipinski definition) is 5. The molecule has 1 aromatic carbocycles. The van der Waals surface area contributed by atoms with E-state index in [0.717, 1.165) is 15.8 Å². The van der Waals surface area contributed by atoms with Crippen LogP contribution in [-0.4, -0.2) is 24.4 Å². The fraction of sp³-hybridized carbons (Fsp3) is 0.333. The minimum absolute atomic E-state index is 0.147. The van der Waals surface area contributed by atoms with Crippen LogP contribution in [0.2, 0.25) is 5.02 Å². The first kappa shape index (κ1) is 17.5. The van der Waals surface area contributed by atoms with Crippen LogP contribution in [0.5, 0.6) is 0 Å². The number of aromatic nitrogens is 4. The van der Waals surface area contributed by atoms with Crippen LogP contribution in [0.15, 0.2) is 39.0 Å². The minimum atomic E-state index is -0.408. The van der Waals surface area contributed by atoms with Crippen LogP contribution in [-0.2, 0) is 20.6 Å². The lowest BCUT2D eigenvalue weighted by Gasteiger charge is -2.29. The Kier molecular flexibility index (Phi) is 3.96. The third kappa shape index (κ3) is 2.59. The molecule has 2 aromatic heterocycles. The van der Waals surface area contributed by atoms with Gasteiger partial charge in [-0.15, -0.1) is 0 Å². The quantitative estimate of drug-likeness (QED) is 0.675. The Morgan fingerprint density at radius 2 is 1.93 bits per heavy atom. The van der Waals surface area contributed by atoms with Crippen molar-refractivity contribution in [1.82, 2.24) is 18.7 Å². The van der Waals surface area contributed by atoms with E-state index in [1.807, 2.05) is 42.7 Å². The van der Waals surface area contributed by atoms with Crippen LogP contribution in [0, 0.1) is 0 Å². The third-order valence-corrected chi connectivity index (χ3v) is 5.23. The van der Waals surface area contributed by atoms with E-state index in [1.54, 1.807) is 12.1 Å². The molecule has 4 rings (SSSR count). The molecule has 0 radical (unpaired) electrons. The SMILES string of the molecule is CC1=NN(Cc2cccc(Cl)c2)c2nc3c(c(=O)n(C)c(=O)n3C)n2[C@@H]1C. The third-order valence-electron chi connectivity index (χ3n) is 5.00. The summed E-state index contributed by atoms with van der Waals surface area (Å²) in [5.74, 6) is 0.529. The summed E-state index contributed by atoms with van der Waals surface area (Å²) in [6, 6.07) is 7.37. The van der Waals surface area contributed by atoms with Gasteiger partial charge in [-0.2, -0.15) is 10.1 Å². The van der Waals surface area contributed by atoms with Gasteiger partial charge in [-0.05, 0) is 31.5 Å². The smallest absolute Gasteiger partial charge is 0.294 e. The standard InChI is InChI=1S/C18H19ClN6O2/c1-10-11(2)25-14-15(22(3)18(27)23(4)16(14)26)20-17(25)24(21-10)9-12-6-5-7-13(19)8-12/h5-8,11H,9H2,1-4H3/t11-/m1/s1. The van der Waals surface area contributed by atoms with Crippen molar-refractivity contribution >= 4 is 34.4 Å². The zero-order valence-corrected chi connectivity index (χ0v) is 16.2. The number of anilines is 1. The molecule has 3 heterocycles. The molecule has 140 valence electrons. The summed E-state index contributed by atoms with van der Waals surface area (Å²) in [4.78, 5) is 29.7.